The predicted octanol–water partition coefficient (Wildman–Crippen LogP) is 8.21. The second-order valence-corrected chi connectivity index (χ2v) is 18.7. The molecule has 5 aromatic rings. The van der Waals surface area contributed by atoms with Crippen molar-refractivity contribution in [1.29, 1.82) is 0 Å². The number of alkyl carbamates (subject to hydrolysis) is 1. The number of imidazole rings is 1. The molecule has 19 heteroatoms. The van der Waals surface area contributed by atoms with Crippen molar-refractivity contribution in [2.75, 3.05) is 56.7 Å². The minimum atomic E-state index is -5.15. The predicted molar refractivity (Wildman–Crippen MR) is 242 cm³/mol. The third-order valence-electron chi connectivity index (χ3n) is 12.8. The van der Waals surface area contributed by atoms with Crippen LogP contribution in [0, 0.1) is 23.1 Å². The van der Waals surface area contributed by atoms with Gasteiger partial charge in [-0.05, 0) is 79.3 Å². The zero-order valence-electron chi connectivity index (χ0n) is 38.1. The fourth-order valence-electron chi connectivity index (χ4n) is 9.42. The molecule has 15 nitrogen and oxygen atoms in total. The Morgan fingerprint density at radius 1 is 0.955 bits per heavy atom. The van der Waals surface area contributed by atoms with Gasteiger partial charge in [0.25, 0.3) is 5.91 Å². The van der Waals surface area contributed by atoms with Crippen molar-refractivity contribution < 1.29 is 51.0 Å². The van der Waals surface area contributed by atoms with Crippen molar-refractivity contribution in [3.8, 4) is 16.9 Å². The lowest BCUT2D eigenvalue weighted by Crippen LogP contribution is -2.56. The lowest BCUT2D eigenvalue weighted by molar-refractivity contribution is -0.274. The fraction of sp³-hybridized carbons (Fsp3) is 0.458. The van der Waals surface area contributed by atoms with E-state index < -0.39 is 53.1 Å². The van der Waals surface area contributed by atoms with Crippen molar-refractivity contribution in [1.82, 2.24) is 30.1 Å². The summed E-state index contributed by atoms with van der Waals surface area (Å²) >= 11 is 0. The van der Waals surface area contributed by atoms with Crippen LogP contribution >= 0.6 is 0 Å². The number of benzene rings is 3. The minimum Gasteiger partial charge on any atom is -0.453 e. The van der Waals surface area contributed by atoms with Gasteiger partial charge in [-0.15, -0.1) is 13.2 Å². The summed E-state index contributed by atoms with van der Waals surface area (Å²) in [6.45, 7) is 12.5. The Morgan fingerprint density at radius 3 is 2.39 bits per heavy atom. The van der Waals surface area contributed by atoms with Crippen LogP contribution in [0.25, 0.3) is 32.9 Å². The summed E-state index contributed by atoms with van der Waals surface area (Å²) in [6.07, 6.45) is -2.75. The van der Waals surface area contributed by atoms with Crippen molar-refractivity contribution >= 4 is 57.1 Å². The highest BCUT2D eigenvalue weighted by molar-refractivity contribution is 6.06. The van der Waals surface area contributed by atoms with Crippen LogP contribution in [0.4, 0.5) is 33.9 Å². The largest absolute Gasteiger partial charge is 0.573 e. The van der Waals surface area contributed by atoms with Gasteiger partial charge in [-0.2, -0.15) is 0 Å². The second kappa shape index (κ2) is 18.6. The molecule has 0 unspecified atom stereocenters. The summed E-state index contributed by atoms with van der Waals surface area (Å²) in [7, 11) is 1.25. The Bertz CT molecular complexity index is 2680. The van der Waals surface area contributed by atoms with E-state index in [4.69, 9.17) is 14.5 Å². The number of pyridine rings is 1. The maximum Gasteiger partial charge on any atom is 0.573 e. The molecule has 4 atom stereocenters. The van der Waals surface area contributed by atoms with E-state index in [-0.39, 0.29) is 46.4 Å². The summed E-state index contributed by atoms with van der Waals surface area (Å²) in [4.78, 5) is 71.2. The number of hydrogen-bond acceptors (Lipinski definition) is 10. The zero-order valence-corrected chi connectivity index (χ0v) is 38.1. The van der Waals surface area contributed by atoms with Crippen LogP contribution < -0.4 is 20.3 Å². The average Bonchev–Trinajstić information content (AvgIpc) is 3.92. The highest BCUT2D eigenvalue weighted by atomic mass is 19.4. The van der Waals surface area contributed by atoms with E-state index in [1.54, 1.807) is 35.2 Å². The Hall–Kier alpha value is -6.50. The zero-order chi connectivity index (χ0) is 47.9. The van der Waals surface area contributed by atoms with Gasteiger partial charge in [0.05, 0.1) is 35.4 Å². The highest BCUT2D eigenvalue weighted by Gasteiger charge is 2.42. The first-order valence-electron chi connectivity index (χ1n) is 22.4. The first-order chi connectivity index (χ1) is 31.8. The van der Waals surface area contributed by atoms with E-state index >= 15 is 4.39 Å². The van der Waals surface area contributed by atoms with Gasteiger partial charge in [0.1, 0.15) is 29.3 Å². The van der Waals surface area contributed by atoms with Crippen LogP contribution in [0.15, 0.2) is 60.8 Å². The van der Waals surface area contributed by atoms with E-state index in [0.29, 0.717) is 92.1 Å². The van der Waals surface area contributed by atoms with Crippen molar-refractivity contribution in [2.24, 2.45) is 17.3 Å². The van der Waals surface area contributed by atoms with Gasteiger partial charge in [0.15, 0.2) is 0 Å². The van der Waals surface area contributed by atoms with Gasteiger partial charge in [-0.25, -0.2) is 19.2 Å². The monoisotopic (exact) mass is 930 g/mol. The molecule has 4 amide bonds. The van der Waals surface area contributed by atoms with E-state index in [1.807, 2.05) is 44.4 Å². The van der Waals surface area contributed by atoms with E-state index in [2.05, 4.69) is 25.3 Å². The number of nitrogens with one attached hydrogen (secondary N) is 3. The van der Waals surface area contributed by atoms with E-state index in [0.717, 1.165) is 12.1 Å². The molecule has 3 fully saturated rings. The first kappa shape index (κ1) is 47.0. The molecular formula is C48H54F4N8O7. The molecule has 0 aliphatic carbocycles. The number of aromatic amines is 1. The molecule has 67 heavy (non-hydrogen) atoms. The van der Waals surface area contributed by atoms with Crippen LogP contribution in [0.1, 0.15) is 76.1 Å². The van der Waals surface area contributed by atoms with Crippen LogP contribution in [0.2, 0.25) is 0 Å². The molecular weight excluding hydrogens is 877 g/mol. The minimum absolute atomic E-state index is 0.0404. The van der Waals surface area contributed by atoms with Crippen molar-refractivity contribution in [3.63, 3.8) is 0 Å². The number of ether oxygens (including phenoxy) is 3. The number of likely N-dealkylation sites (tertiary alicyclic amines) is 1. The molecule has 3 aliphatic rings. The number of methoxy groups -OCH3 is 1. The van der Waals surface area contributed by atoms with Gasteiger partial charge in [-0.1, -0.05) is 45.9 Å². The Kier molecular flexibility index (Phi) is 13.1. The molecule has 356 valence electrons. The van der Waals surface area contributed by atoms with Crippen molar-refractivity contribution in [2.45, 2.75) is 78.4 Å². The van der Waals surface area contributed by atoms with Crippen LogP contribution in [-0.4, -0.2) is 114 Å². The second-order valence-electron chi connectivity index (χ2n) is 18.7. The molecule has 3 N–H and O–H groups in total. The van der Waals surface area contributed by atoms with Crippen LogP contribution in [0.5, 0.6) is 5.75 Å². The number of aromatic nitrogens is 3. The number of hydrogen-bond donors (Lipinski definition) is 3. The molecule has 5 heterocycles. The number of piperazine rings is 1. The van der Waals surface area contributed by atoms with Gasteiger partial charge in [-0.3, -0.25) is 14.4 Å². The fourth-order valence-corrected chi connectivity index (χ4v) is 9.42. The summed E-state index contributed by atoms with van der Waals surface area (Å²) in [6, 6.07) is 11.8. The summed E-state index contributed by atoms with van der Waals surface area (Å²) in [5.41, 5.74) is 0.202. The van der Waals surface area contributed by atoms with Crippen LogP contribution in [0.3, 0.4) is 0 Å². The van der Waals surface area contributed by atoms with Gasteiger partial charge >= 0.3 is 12.5 Å². The molecule has 0 saturated carbocycles. The molecule has 3 aliphatic heterocycles. The Balaban J connectivity index is 1.02. The van der Waals surface area contributed by atoms with E-state index in [9.17, 15) is 32.3 Å². The Labute approximate surface area is 384 Å². The topological polar surface area (TPSA) is 171 Å². The average molecular weight is 931 g/mol. The number of anilines is 2. The number of halogens is 4. The Morgan fingerprint density at radius 2 is 1.72 bits per heavy atom. The number of alkyl halides is 3. The van der Waals surface area contributed by atoms with Crippen LogP contribution in [-0.2, 0) is 19.1 Å². The van der Waals surface area contributed by atoms with Gasteiger partial charge in [0.2, 0.25) is 11.8 Å². The molecule has 0 radical (unpaired) electrons. The SMILES string of the molecule is COC(=O)N[C@@H](C(=O)N1C[C@@H](C)C[C@H]1c1nc2c(ccc3cc(-c4cc(F)c(NC(=O)c5ccc(N6CCN(C(=O)C(C)(C)C)C[C@H]6C)nc5)cc4OC(F)(F)F)ccc32)[nH]1)C1CCOCC1. The number of nitrogens with zero attached hydrogens (tertiary/aromatic N) is 5. The molecule has 8 rings (SSSR count). The number of carbonyl (C=O) groups is 4. The molecule has 2 aromatic heterocycles. The number of H-pyrrole nitrogens is 1. The molecule has 3 saturated heterocycles. The molecule has 3 aromatic carbocycles. The third-order valence-corrected chi connectivity index (χ3v) is 12.8. The third kappa shape index (κ3) is 10.1. The summed E-state index contributed by atoms with van der Waals surface area (Å²) in [5.74, 6) is -1.64. The normalized spacial score (nSPS) is 20.0. The summed E-state index contributed by atoms with van der Waals surface area (Å²) in [5, 5.41) is 6.36. The van der Waals surface area contributed by atoms with Crippen molar-refractivity contribution in [3.05, 3.63) is 78.0 Å². The van der Waals surface area contributed by atoms with E-state index in [1.165, 1.54) is 25.4 Å². The molecule has 0 spiro atoms. The highest BCUT2D eigenvalue weighted by Crippen LogP contribution is 2.41. The van der Waals surface area contributed by atoms with Gasteiger partial charge < -0.3 is 44.5 Å². The summed E-state index contributed by atoms with van der Waals surface area (Å²) < 4.78 is 72.4. The quantitative estimate of drug-likeness (QED) is 0.122. The first-order valence-corrected chi connectivity index (χ1v) is 22.4. The lowest BCUT2D eigenvalue weighted by Gasteiger charge is -2.42. The molecule has 0 bridgehead atoms. The number of carbonyl (C=O) groups excluding carboxylic acids is 4. The number of rotatable bonds is 9. The van der Waals surface area contributed by atoms with Gasteiger partial charge in [0, 0.05) is 74.1 Å². The number of amides is 4. The lowest BCUT2D eigenvalue weighted by atomic mass is 9.90. The standard InChI is InChI=1S/C48H54F4N8O7/c1-26-19-37(60(24-26)44(62)40(57-46(64)65-6)28-13-17-66-18-14-28)42-54-35-11-8-29-20-30(7-10-32(29)41(35)56-42)33-21-34(49)36(22-38(33)67-48(50,51)52)55-43(61)31-9-12-39(53-23-31)59-16-15-58(25-27(59)2)45(63)47(3,4)5/h7-12,20-23,26-28,37,40H,13-19,24-25H2,1-6H3,(H,54,56)(H,55,61)(H,57,64)/t26-,27+,37-,40+/m0/s1. The smallest absolute Gasteiger partial charge is 0.453 e. The maximum atomic E-state index is 15.9. The number of fused-ring (bicyclic) bond motifs is 3. The maximum absolute atomic E-state index is 15.9.